The van der Waals surface area contributed by atoms with Crippen LogP contribution in [0.2, 0.25) is 0 Å². The van der Waals surface area contributed by atoms with Crippen molar-refractivity contribution in [2.75, 3.05) is 0 Å². The lowest BCUT2D eigenvalue weighted by Crippen LogP contribution is -2.31. The molecule has 0 saturated carbocycles. The van der Waals surface area contributed by atoms with Gasteiger partial charge in [0.1, 0.15) is 4.32 Å². The molecule has 1 unspecified atom stereocenters. The highest BCUT2D eigenvalue weighted by atomic mass is 32.2. The summed E-state index contributed by atoms with van der Waals surface area (Å²) in [6, 6.07) is 20.0. The lowest BCUT2D eigenvalue weighted by molar-refractivity contribution is -0.123. The summed E-state index contributed by atoms with van der Waals surface area (Å²) in [5.41, 5.74) is 3.22. The smallest absolute Gasteiger partial charge is 0.266 e. The summed E-state index contributed by atoms with van der Waals surface area (Å²) < 4.78 is 0.611. The molecular weight excluding hydrogens is 346 g/mol. The molecule has 4 heteroatoms. The number of amides is 1. The maximum Gasteiger partial charge on any atom is 0.266 e. The lowest BCUT2D eigenvalue weighted by atomic mass is 10.1. The SMILES string of the molecule is CC(=C/c1ccccc1)/C=C1/SC(=S)N(C(C)c2ccccc2)C1=O. The molecule has 2 nitrogen and oxygen atoms in total. The second kappa shape index (κ2) is 7.81. The van der Waals surface area contributed by atoms with Crippen molar-refractivity contribution in [2.24, 2.45) is 0 Å². The van der Waals surface area contributed by atoms with Crippen LogP contribution < -0.4 is 0 Å². The molecule has 1 fully saturated rings. The van der Waals surface area contributed by atoms with Crippen molar-refractivity contribution < 1.29 is 4.79 Å². The van der Waals surface area contributed by atoms with Gasteiger partial charge in [-0.25, -0.2) is 0 Å². The van der Waals surface area contributed by atoms with Crippen LogP contribution in [0.4, 0.5) is 0 Å². The fraction of sp³-hybridized carbons (Fsp3) is 0.143. The van der Waals surface area contributed by atoms with Gasteiger partial charge in [0.2, 0.25) is 0 Å². The highest BCUT2D eigenvalue weighted by Gasteiger charge is 2.35. The molecule has 1 saturated heterocycles. The summed E-state index contributed by atoms with van der Waals surface area (Å²) in [6.07, 6.45) is 3.98. The van der Waals surface area contributed by atoms with Gasteiger partial charge in [-0.1, -0.05) is 90.7 Å². The van der Waals surface area contributed by atoms with Crippen molar-refractivity contribution >= 4 is 40.3 Å². The van der Waals surface area contributed by atoms with Gasteiger partial charge < -0.3 is 0 Å². The predicted octanol–water partition coefficient (Wildman–Crippen LogP) is 5.60. The van der Waals surface area contributed by atoms with E-state index in [1.807, 2.05) is 80.6 Å². The molecule has 2 aromatic rings. The minimum atomic E-state index is -0.0713. The Kier molecular flexibility index (Phi) is 5.51. The maximum absolute atomic E-state index is 12.8. The molecule has 25 heavy (non-hydrogen) atoms. The second-order valence-corrected chi connectivity index (χ2v) is 7.61. The highest BCUT2D eigenvalue weighted by molar-refractivity contribution is 8.26. The summed E-state index contributed by atoms with van der Waals surface area (Å²) in [6.45, 7) is 4.01. The highest BCUT2D eigenvalue weighted by Crippen LogP contribution is 2.37. The molecule has 1 aliphatic rings. The lowest BCUT2D eigenvalue weighted by Gasteiger charge is -2.23. The molecule has 1 amide bonds. The summed E-state index contributed by atoms with van der Waals surface area (Å²) in [7, 11) is 0. The Morgan fingerprint density at radius 1 is 1.08 bits per heavy atom. The molecular formula is C21H19NOS2. The Morgan fingerprint density at radius 3 is 2.32 bits per heavy atom. The van der Waals surface area contributed by atoms with Gasteiger partial charge in [0.15, 0.2) is 0 Å². The van der Waals surface area contributed by atoms with Crippen LogP contribution in [0.3, 0.4) is 0 Å². The van der Waals surface area contributed by atoms with Crippen molar-refractivity contribution in [3.63, 3.8) is 0 Å². The van der Waals surface area contributed by atoms with Gasteiger partial charge in [-0.05, 0) is 36.6 Å². The number of thioether (sulfide) groups is 1. The summed E-state index contributed by atoms with van der Waals surface area (Å²) >= 11 is 6.83. The van der Waals surface area contributed by atoms with Gasteiger partial charge >= 0.3 is 0 Å². The minimum absolute atomic E-state index is 0.0211. The summed E-state index contributed by atoms with van der Waals surface area (Å²) in [5, 5.41) is 0. The van der Waals surface area contributed by atoms with Crippen LogP contribution in [0.1, 0.15) is 31.0 Å². The van der Waals surface area contributed by atoms with Gasteiger partial charge in [-0.2, -0.15) is 0 Å². The molecule has 0 aliphatic carbocycles. The second-order valence-electron chi connectivity index (χ2n) is 5.94. The Balaban J connectivity index is 1.82. The maximum atomic E-state index is 12.8. The first-order valence-electron chi connectivity index (χ1n) is 8.11. The van der Waals surface area contributed by atoms with Crippen molar-refractivity contribution in [3.8, 4) is 0 Å². The third-order valence-corrected chi connectivity index (χ3v) is 5.38. The third kappa shape index (κ3) is 4.09. The van der Waals surface area contributed by atoms with Gasteiger partial charge in [0.05, 0.1) is 10.9 Å². The number of benzene rings is 2. The number of rotatable bonds is 4. The zero-order chi connectivity index (χ0) is 17.8. The van der Waals surface area contributed by atoms with E-state index >= 15 is 0 Å². The van der Waals surface area contributed by atoms with Gasteiger partial charge in [0, 0.05) is 0 Å². The Labute approximate surface area is 158 Å². The first-order valence-corrected chi connectivity index (χ1v) is 9.34. The average Bonchev–Trinajstić information content (AvgIpc) is 2.89. The number of allylic oxidation sites excluding steroid dienone is 2. The summed E-state index contributed by atoms with van der Waals surface area (Å²) in [4.78, 5) is 15.2. The van der Waals surface area contributed by atoms with Crippen molar-refractivity contribution in [2.45, 2.75) is 19.9 Å². The molecule has 126 valence electrons. The van der Waals surface area contributed by atoms with Crippen LogP contribution in [0.5, 0.6) is 0 Å². The molecule has 1 aliphatic heterocycles. The van der Waals surface area contributed by atoms with Crippen LogP contribution in [-0.4, -0.2) is 15.1 Å². The minimum Gasteiger partial charge on any atom is -0.286 e. The largest absolute Gasteiger partial charge is 0.286 e. The van der Waals surface area contributed by atoms with Crippen LogP contribution in [0.25, 0.3) is 6.08 Å². The van der Waals surface area contributed by atoms with E-state index in [2.05, 4.69) is 6.08 Å². The molecule has 3 rings (SSSR count). The van der Waals surface area contributed by atoms with Crippen LogP contribution in [-0.2, 0) is 4.79 Å². The first-order chi connectivity index (χ1) is 12.1. The van der Waals surface area contributed by atoms with E-state index in [0.717, 1.165) is 16.7 Å². The fourth-order valence-corrected chi connectivity index (χ4v) is 4.22. The van der Waals surface area contributed by atoms with Crippen LogP contribution in [0, 0.1) is 0 Å². The zero-order valence-corrected chi connectivity index (χ0v) is 15.8. The first kappa shape index (κ1) is 17.6. The number of nitrogens with zero attached hydrogens (tertiary/aromatic N) is 1. The number of thiocarbonyl (C=S) groups is 1. The average molecular weight is 366 g/mol. The monoisotopic (exact) mass is 365 g/mol. The van der Waals surface area contributed by atoms with E-state index in [1.165, 1.54) is 11.8 Å². The van der Waals surface area contributed by atoms with E-state index in [9.17, 15) is 4.79 Å². The molecule has 0 N–H and O–H groups in total. The Bertz CT molecular complexity index is 841. The normalized spacial score (nSPS) is 18.1. The molecule has 0 radical (unpaired) electrons. The molecule has 0 bridgehead atoms. The standard InChI is InChI=1S/C21H19NOS2/c1-15(13-17-9-5-3-6-10-17)14-19-20(23)22(21(24)25-19)16(2)18-11-7-4-8-12-18/h3-14,16H,1-2H3/b15-13-,19-14+. The summed E-state index contributed by atoms with van der Waals surface area (Å²) in [5.74, 6) is -0.0211. The molecule has 1 atom stereocenters. The number of hydrogen-bond acceptors (Lipinski definition) is 3. The number of hydrogen-bond donors (Lipinski definition) is 0. The van der Waals surface area contributed by atoms with Crippen molar-refractivity contribution in [1.29, 1.82) is 0 Å². The van der Waals surface area contributed by atoms with E-state index in [0.29, 0.717) is 9.23 Å². The zero-order valence-electron chi connectivity index (χ0n) is 14.2. The molecule has 1 heterocycles. The van der Waals surface area contributed by atoms with E-state index in [-0.39, 0.29) is 11.9 Å². The predicted molar refractivity (Wildman–Crippen MR) is 110 cm³/mol. The molecule has 0 aromatic heterocycles. The van der Waals surface area contributed by atoms with E-state index < -0.39 is 0 Å². The topological polar surface area (TPSA) is 20.3 Å². The van der Waals surface area contributed by atoms with Crippen molar-refractivity contribution in [3.05, 3.63) is 88.3 Å². The molecule has 0 spiro atoms. The van der Waals surface area contributed by atoms with Gasteiger partial charge in [-0.3, -0.25) is 9.69 Å². The van der Waals surface area contributed by atoms with E-state index in [1.54, 1.807) is 4.90 Å². The van der Waals surface area contributed by atoms with E-state index in [4.69, 9.17) is 12.2 Å². The third-order valence-electron chi connectivity index (χ3n) is 4.05. The van der Waals surface area contributed by atoms with Crippen LogP contribution >= 0.6 is 24.0 Å². The molecule has 2 aromatic carbocycles. The van der Waals surface area contributed by atoms with Crippen molar-refractivity contribution in [1.82, 2.24) is 4.90 Å². The van der Waals surface area contributed by atoms with Gasteiger partial charge in [-0.15, -0.1) is 0 Å². The fourth-order valence-electron chi connectivity index (χ4n) is 2.75. The van der Waals surface area contributed by atoms with Gasteiger partial charge in [0.25, 0.3) is 5.91 Å². The Morgan fingerprint density at radius 2 is 1.68 bits per heavy atom. The van der Waals surface area contributed by atoms with Crippen LogP contribution in [0.15, 0.2) is 77.2 Å². The number of carbonyl (C=O) groups excluding carboxylic acids is 1. The quantitative estimate of drug-likeness (QED) is 0.520. The Hall–Kier alpha value is -2.17. The number of carbonyl (C=O) groups is 1.